The van der Waals surface area contributed by atoms with Crippen LogP contribution in [0.3, 0.4) is 0 Å². The summed E-state index contributed by atoms with van der Waals surface area (Å²) in [6, 6.07) is 14.1. The highest BCUT2D eigenvalue weighted by molar-refractivity contribution is 6.04. The molecule has 4 rings (SSSR count). The normalized spacial score (nSPS) is 10.6. The van der Waals surface area contributed by atoms with Gasteiger partial charge in [-0.15, -0.1) is 0 Å². The lowest BCUT2D eigenvalue weighted by molar-refractivity contribution is 0.102. The largest absolute Gasteiger partial charge is 0.457 e. The molecule has 0 unspecified atom stereocenters. The third kappa shape index (κ3) is 3.93. The zero-order valence-electron chi connectivity index (χ0n) is 14.4. The van der Waals surface area contributed by atoms with Crippen molar-refractivity contribution in [2.45, 2.75) is 0 Å². The van der Waals surface area contributed by atoms with E-state index in [-0.39, 0.29) is 17.0 Å². The van der Waals surface area contributed by atoms with Gasteiger partial charge in [0, 0.05) is 41.8 Å². The molecule has 4 aromatic rings. The Balaban J connectivity index is 1.57. The number of carbonyl (C=O) groups is 1. The van der Waals surface area contributed by atoms with E-state index in [4.69, 9.17) is 4.74 Å². The number of ether oxygens (including phenoxy) is 1. The first kappa shape index (κ1) is 17.5. The molecule has 0 fully saturated rings. The van der Waals surface area contributed by atoms with Crippen LogP contribution in [-0.2, 0) is 0 Å². The SMILES string of the molecule is O=C(Nc1cc(F)cc(Oc2ccc3nccnc3c2)c1)c1cccc(F)c1. The maximum Gasteiger partial charge on any atom is 0.255 e. The first-order valence-electron chi connectivity index (χ1n) is 8.33. The van der Waals surface area contributed by atoms with Gasteiger partial charge in [-0.3, -0.25) is 14.8 Å². The minimum absolute atomic E-state index is 0.125. The van der Waals surface area contributed by atoms with E-state index in [2.05, 4.69) is 15.3 Å². The molecule has 28 heavy (non-hydrogen) atoms. The van der Waals surface area contributed by atoms with Crippen LogP contribution >= 0.6 is 0 Å². The van der Waals surface area contributed by atoms with Crippen LogP contribution in [0.4, 0.5) is 14.5 Å². The van der Waals surface area contributed by atoms with E-state index in [1.165, 1.54) is 30.3 Å². The van der Waals surface area contributed by atoms with Gasteiger partial charge in [0.25, 0.3) is 5.91 Å². The average Bonchev–Trinajstić information content (AvgIpc) is 2.67. The van der Waals surface area contributed by atoms with Gasteiger partial charge in [-0.25, -0.2) is 8.78 Å². The van der Waals surface area contributed by atoms with Gasteiger partial charge in [0.2, 0.25) is 0 Å². The van der Waals surface area contributed by atoms with Crippen molar-refractivity contribution >= 4 is 22.6 Å². The Morgan fingerprint density at radius 2 is 1.64 bits per heavy atom. The van der Waals surface area contributed by atoms with Crippen molar-refractivity contribution in [1.82, 2.24) is 9.97 Å². The molecule has 0 aliphatic rings. The molecule has 0 aliphatic carbocycles. The van der Waals surface area contributed by atoms with Crippen molar-refractivity contribution in [3.63, 3.8) is 0 Å². The highest BCUT2D eigenvalue weighted by Crippen LogP contribution is 2.27. The average molecular weight is 377 g/mol. The number of hydrogen-bond acceptors (Lipinski definition) is 4. The van der Waals surface area contributed by atoms with Gasteiger partial charge in [-0.2, -0.15) is 0 Å². The summed E-state index contributed by atoms with van der Waals surface area (Å²) in [5.74, 6) is -1.04. The zero-order valence-corrected chi connectivity index (χ0v) is 14.4. The van der Waals surface area contributed by atoms with Crippen molar-refractivity contribution in [1.29, 1.82) is 0 Å². The Hall–Kier alpha value is -3.87. The minimum Gasteiger partial charge on any atom is -0.457 e. The predicted molar refractivity (Wildman–Crippen MR) is 100 cm³/mol. The Morgan fingerprint density at radius 1 is 0.821 bits per heavy atom. The van der Waals surface area contributed by atoms with Crippen LogP contribution in [0.15, 0.2) is 73.1 Å². The lowest BCUT2D eigenvalue weighted by Gasteiger charge is -2.10. The van der Waals surface area contributed by atoms with Crippen LogP contribution in [0.1, 0.15) is 10.4 Å². The first-order chi connectivity index (χ1) is 13.6. The third-order valence-electron chi connectivity index (χ3n) is 3.89. The van der Waals surface area contributed by atoms with E-state index in [0.29, 0.717) is 16.8 Å². The number of halogens is 2. The number of hydrogen-bond donors (Lipinski definition) is 1. The number of anilines is 1. The van der Waals surface area contributed by atoms with E-state index in [0.717, 1.165) is 12.1 Å². The second kappa shape index (κ2) is 7.40. The summed E-state index contributed by atoms with van der Waals surface area (Å²) in [5, 5.41) is 2.53. The number of carbonyl (C=O) groups excluding carboxylic acids is 1. The van der Waals surface area contributed by atoms with Gasteiger partial charge in [0.05, 0.1) is 11.0 Å². The molecule has 3 aromatic carbocycles. The van der Waals surface area contributed by atoms with Gasteiger partial charge in [-0.05, 0) is 36.4 Å². The van der Waals surface area contributed by atoms with E-state index in [1.807, 2.05) is 0 Å². The molecule has 0 aliphatic heterocycles. The van der Waals surface area contributed by atoms with Crippen LogP contribution < -0.4 is 10.1 Å². The van der Waals surface area contributed by atoms with Crippen LogP contribution in [0.2, 0.25) is 0 Å². The van der Waals surface area contributed by atoms with Crippen molar-refractivity contribution in [3.05, 3.63) is 90.3 Å². The van der Waals surface area contributed by atoms with Crippen molar-refractivity contribution in [3.8, 4) is 11.5 Å². The number of rotatable bonds is 4. The smallest absolute Gasteiger partial charge is 0.255 e. The molecule has 0 bridgehead atoms. The van der Waals surface area contributed by atoms with E-state index < -0.39 is 17.5 Å². The van der Waals surface area contributed by atoms with Gasteiger partial charge < -0.3 is 10.1 Å². The number of amides is 1. The second-order valence-corrected chi connectivity index (χ2v) is 5.95. The number of nitrogens with zero attached hydrogens (tertiary/aromatic N) is 2. The molecule has 1 aromatic heterocycles. The minimum atomic E-state index is -0.590. The van der Waals surface area contributed by atoms with Crippen molar-refractivity contribution < 1.29 is 18.3 Å². The van der Waals surface area contributed by atoms with Gasteiger partial charge in [-0.1, -0.05) is 6.07 Å². The summed E-state index contributed by atoms with van der Waals surface area (Å²) < 4.78 is 33.0. The zero-order chi connectivity index (χ0) is 19.5. The quantitative estimate of drug-likeness (QED) is 0.546. The summed E-state index contributed by atoms with van der Waals surface area (Å²) in [6.07, 6.45) is 3.15. The fraction of sp³-hybridized carbons (Fsp3) is 0. The third-order valence-corrected chi connectivity index (χ3v) is 3.89. The van der Waals surface area contributed by atoms with Gasteiger partial charge in [0.15, 0.2) is 0 Å². The predicted octanol–water partition coefficient (Wildman–Crippen LogP) is 4.95. The van der Waals surface area contributed by atoms with E-state index in [1.54, 1.807) is 30.6 Å². The fourth-order valence-corrected chi connectivity index (χ4v) is 2.67. The molecule has 0 saturated heterocycles. The number of nitrogens with one attached hydrogen (secondary N) is 1. The molecule has 7 heteroatoms. The maximum atomic E-state index is 14.0. The summed E-state index contributed by atoms with van der Waals surface area (Å²) in [7, 11) is 0. The maximum absolute atomic E-state index is 14.0. The molecule has 1 N–H and O–H groups in total. The van der Waals surface area contributed by atoms with Crippen LogP contribution in [0.5, 0.6) is 11.5 Å². The molecule has 0 radical (unpaired) electrons. The summed E-state index contributed by atoms with van der Waals surface area (Å²) in [5.41, 5.74) is 1.65. The number of benzene rings is 3. The van der Waals surface area contributed by atoms with E-state index in [9.17, 15) is 13.6 Å². The Morgan fingerprint density at radius 3 is 2.46 bits per heavy atom. The summed E-state index contributed by atoms with van der Waals surface area (Å²) >= 11 is 0. The Bertz CT molecular complexity index is 1180. The summed E-state index contributed by atoms with van der Waals surface area (Å²) in [4.78, 5) is 20.6. The number of aromatic nitrogens is 2. The van der Waals surface area contributed by atoms with Crippen LogP contribution in [0.25, 0.3) is 11.0 Å². The lowest BCUT2D eigenvalue weighted by atomic mass is 10.2. The topological polar surface area (TPSA) is 64.1 Å². The van der Waals surface area contributed by atoms with Crippen molar-refractivity contribution in [2.75, 3.05) is 5.32 Å². The monoisotopic (exact) mass is 377 g/mol. The molecular weight excluding hydrogens is 364 g/mol. The van der Waals surface area contributed by atoms with E-state index >= 15 is 0 Å². The second-order valence-electron chi connectivity index (χ2n) is 5.95. The molecular formula is C21H13F2N3O2. The Kier molecular flexibility index (Phi) is 4.63. The molecule has 1 amide bonds. The standard InChI is InChI=1S/C21H13F2N3O2/c22-14-3-1-2-13(8-14)21(27)26-16-9-15(23)10-18(11-16)28-17-4-5-19-20(12-17)25-7-6-24-19/h1-12H,(H,26,27). The number of fused-ring (bicyclic) bond motifs is 1. The molecule has 0 saturated carbocycles. The van der Waals surface area contributed by atoms with Crippen LogP contribution in [-0.4, -0.2) is 15.9 Å². The molecule has 1 heterocycles. The Labute approximate surface area is 158 Å². The molecule has 0 atom stereocenters. The lowest BCUT2D eigenvalue weighted by Crippen LogP contribution is -2.12. The molecule has 0 spiro atoms. The van der Waals surface area contributed by atoms with Crippen molar-refractivity contribution in [2.24, 2.45) is 0 Å². The van der Waals surface area contributed by atoms with Gasteiger partial charge >= 0.3 is 0 Å². The fourth-order valence-electron chi connectivity index (χ4n) is 2.67. The molecule has 5 nitrogen and oxygen atoms in total. The summed E-state index contributed by atoms with van der Waals surface area (Å²) in [6.45, 7) is 0. The highest BCUT2D eigenvalue weighted by atomic mass is 19.1. The highest BCUT2D eigenvalue weighted by Gasteiger charge is 2.10. The first-order valence-corrected chi connectivity index (χ1v) is 8.33. The molecule has 138 valence electrons. The van der Waals surface area contributed by atoms with Crippen LogP contribution in [0, 0.1) is 11.6 Å². The van der Waals surface area contributed by atoms with Gasteiger partial charge in [0.1, 0.15) is 23.1 Å².